The first kappa shape index (κ1) is 15.1. The predicted octanol–water partition coefficient (Wildman–Crippen LogP) is 4.60. The molecule has 0 bridgehead atoms. The number of rotatable bonds is 3. The van der Waals surface area contributed by atoms with Crippen LogP contribution in [0.2, 0.25) is 0 Å². The highest BCUT2D eigenvalue weighted by atomic mass is 16.6. The molecule has 4 heteroatoms. The van der Waals surface area contributed by atoms with Gasteiger partial charge in [-0.05, 0) is 31.2 Å². The second-order valence-electron chi connectivity index (χ2n) is 5.77. The second-order valence-corrected chi connectivity index (χ2v) is 5.77. The highest BCUT2D eigenvalue weighted by molar-refractivity contribution is 6.12. The molecule has 2 heterocycles. The molecule has 1 aliphatic rings. The summed E-state index contributed by atoms with van der Waals surface area (Å²) in [5.41, 5.74) is 3.16. The lowest BCUT2D eigenvalue weighted by Gasteiger charge is -1.97. The largest absolute Gasteiger partial charge is 0.457 e. The molecular formula is C21H15NO3. The van der Waals surface area contributed by atoms with Crippen molar-refractivity contribution in [2.75, 3.05) is 0 Å². The topological polar surface area (TPSA) is 51.8 Å². The van der Waals surface area contributed by atoms with Gasteiger partial charge in [0.05, 0.1) is 0 Å². The molecule has 0 amide bonds. The fourth-order valence-corrected chi connectivity index (χ4v) is 2.55. The number of carbonyl (C=O) groups excluding carboxylic acids is 1. The van der Waals surface area contributed by atoms with Gasteiger partial charge < -0.3 is 9.15 Å². The third-order valence-electron chi connectivity index (χ3n) is 3.88. The molecule has 0 atom stereocenters. The molecule has 25 heavy (non-hydrogen) atoms. The van der Waals surface area contributed by atoms with Crippen LogP contribution in [-0.2, 0) is 9.53 Å². The maximum absolute atomic E-state index is 12.0. The molecular weight excluding hydrogens is 314 g/mol. The highest BCUT2D eigenvalue weighted by Crippen LogP contribution is 2.25. The molecule has 0 saturated carbocycles. The Bertz CT molecular complexity index is 979. The van der Waals surface area contributed by atoms with Crippen LogP contribution in [0.1, 0.15) is 16.9 Å². The monoisotopic (exact) mass is 329 g/mol. The lowest BCUT2D eigenvalue weighted by Crippen LogP contribution is -2.04. The van der Waals surface area contributed by atoms with Crippen molar-refractivity contribution < 1.29 is 13.9 Å². The summed E-state index contributed by atoms with van der Waals surface area (Å²) in [5.74, 6) is 1.13. The highest BCUT2D eigenvalue weighted by Gasteiger charge is 2.24. The third kappa shape index (κ3) is 3.15. The van der Waals surface area contributed by atoms with E-state index >= 15 is 0 Å². The van der Waals surface area contributed by atoms with Crippen LogP contribution in [0, 0.1) is 6.92 Å². The summed E-state index contributed by atoms with van der Waals surface area (Å²) < 4.78 is 11.0. The molecule has 4 rings (SSSR count). The first-order valence-electron chi connectivity index (χ1n) is 7.94. The molecule has 0 N–H and O–H groups in total. The Morgan fingerprint density at radius 3 is 2.40 bits per heavy atom. The summed E-state index contributed by atoms with van der Waals surface area (Å²) in [5, 5.41) is 0. The third-order valence-corrected chi connectivity index (χ3v) is 3.88. The summed E-state index contributed by atoms with van der Waals surface area (Å²) in [6.45, 7) is 2.04. The van der Waals surface area contributed by atoms with Crippen LogP contribution in [0.3, 0.4) is 0 Å². The van der Waals surface area contributed by atoms with Gasteiger partial charge in [-0.1, -0.05) is 48.0 Å². The van der Waals surface area contributed by atoms with Crippen molar-refractivity contribution in [3.63, 3.8) is 0 Å². The summed E-state index contributed by atoms with van der Waals surface area (Å²) in [6, 6.07) is 21.1. The normalized spacial score (nSPS) is 15.3. The van der Waals surface area contributed by atoms with Crippen LogP contribution in [0.5, 0.6) is 0 Å². The van der Waals surface area contributed by atoms with Crippen LogP contribution in [-0.4, -0.2) is 11.9 Å². The number of aryl methyl sites for hydroxylation is 1. The van der Waals surface area contributed by atoms with Crippen LogP contribution in [0.15, 0.2) is 81.8 Å². The Balaban J connectivity index is 1.62. The Kier molecular flexibility index (Phi) is 3.78. The smallest absolute Gasteiger partial charge is 0.363 e. The van der Waals surface area contributed by atoms with Crippen molar-refractivity contribution in [3.05, 3.63) is 89.3 Å². The number of furan rings is 1. The number of cyclic esters (lactones) is 1. The fourth-order valence-electron chi connectivity index (χ4n) is 2.55. The maximum Gasteiger partial charge on any atom is 0.363 e. The Hall–Kier alpha value is -3.40. The van der Waals surface area contributed by atoms with E-state index < -0.39 is 5.97 Å². The van der Waals surface area contributed by atoms with E-state index in [9.17, 15) is 4.79 Å². The van der Waals surface area contributed by atoms with Crippen LogP contribution < -0.4 is 0 Å². The molecule has 4 nitrogen and oxygen atoms in total. The minimum absolute atomic E-state index is 0.226. The zero-order chi connectivity index (χ0) is 17.2. The standard InChI is InChI=1S/C21H15NO3/c1-14-7-9-15(10-8-14)19-12-11-17(24-19)13-18-21(23)25-20(22-18)16-5-3-2-4-6-16/h2-13H,1H3/b18-13-. The molecule has 0 aliphatic carbocycles. The first-order chi connectivity index (χ1) is 12.2. The van der Waals surface area contributed by atoms with Gasteiger partial charge in [-0.15, -0.1) is 0 Å². The van der Waals surface area contributed by atoms with Crippen molar-refractivity contribution in [2.24, 2.45) is 4.99 Å². The molecule has 2 aromatic carbocycles. The zero-order valence-corrected chi connectivity index (χ0v) is 13.6. The van der Waals surface area contributed by atoms with Gasteiger partial charge in [0.15, 0.2) is 5.70 Å². The lowest BCUT2D eigenvalue weighted by atomic mass is 10.1. The van der Waals surface area contributed by atoms with Crippen LogP contribution in [0.25, 0.3) is 17.4 Å². The van der Waals surface area contributed by atoms with E-state index in [2.05, 4.69) is 4.99 Å². The minimum Gasteiger partial charge on any atom is -0.457 e. The molecule has 3 aromatic rings. The van der Waals surface area contributed by atoms with E-state index in [1.54, 1.807) is 6.08 Å². The first-order valence-corrected chi connectivity index (χ1v) is 7.94. The van der Waals surface area contributed by atoms with Gasteiger partial charge in [-0.25, -0.2) is 9.79 Å². The quantitative estimate of drug-likeness (QED) is 0.521. The number of ether oxygens (including phenoxy) is 1. The minimum atomic E-state index is -0.480. The van der Waals surface area contributed by atoms with E-state index in [-0.39, 0.29) is 5.70 Å². The fraction of sp³-hybridized carbons (Fsp3) is 0.0476. The number of nitrogens with zero attached hydrogens (tertiary/aromatic N) is 1. The van der Waals surface area contributed by atoms with Gasteiger partial charge in [0, 0.05) is 17.2 Å². The van der Waals surface area contributed by atoms with Gasteiger partial charge >= 0.3 is 5.97 Å². The number of hydrogen-bond donors (Lipinski definition) is 0. The average Bonchev–Trinajstić information content (AvgIpc) is 3.24. The molecule has 0 unspecified atom stereocenters. The van der Waals surface area contributed by atoms with Gasteiger partial charge in [0.2, 0.25) is 5.90 Å². The van der Waals surface area contributed by atoms with Crippen molar-refractivity contribution in [1.29, 1.82) is 0 Å². The summed E-state index contributed by atoms with van der Waals surface area (Å²) >= 11 is 0. The van der Waals surface area contributed by atoms with Crippen LogP contribution in [0.4, 0.5) is 0 Å². The molecule has 0 saturated heterocycles. The predicted molar refractivity (Wildman–Crippen MR) is 95.9 cm³/mol. The SMILES string of the molecule is Cc1ccc(-c2ccc(/C=C3\N=C(c4ccccc4)OC3=O)o2)cc1. The van der Waals surface area contributed by atoms with E-state index in [4.69, 9.17) is 9.15 Å². The molecule has 0 fully saturated rings. The van der Waals surface area contributed by atoms with Crippen molar-refractivity contribution in [2.45, 2.75) is 6.92 Å². The van der Waals surface area contributed by atoms with E-state index in [1.165, 1.54) is 5.56 Å². The van der Waals surface area contributed by atoms with Crippen molar-refractivity contribution in [3.8, 4) is 11.3 Å². The van der Waals surface area contributed by atoms with E-state index in [0.717, 1.165) is 16.9 Å². The Morgan fingerprint density at radius 1 is 0.880 bits per heavy atom. The maximum atomic E-state index is 12.0. The van der Waals surface area contributed by atoms with Crippen molar-refractivity contribution in [1.82, 2.24) is 0 Å². The lowest BCUT2D eigenvalue weighted by molar-refractivity contribution is -0.129. The number of esters is 1. The van der Waals surface area contributed by atoms with Gasteiger partial charge in [0.25, 0.3) is 0 Å². The molecule has 1 aliphatic heterocycles. The molecule has 0 spiro atoms. The second kappa shape index (κ2) is 6.24. The number of aliphatic imine (C=N–C) groups is 1. The van der Waals surface area contributed by atoms with E-state index in [0.29, 0.717) is 11.7 Å². The molecule has 0 radical (unpaired) electrons. The van der Waals surface area contributed by atoms with E-state index in [1.807, 2.05) is 73.7 Å². The van der Waals surface area contributed by atoms with Gasteiger partial charge in [0.1, 0.15) is 11.5 Å². The molecule has 1 aromatic heterocycles. The van der Waals surface area contributed by atoms with Gasteiger partial charge in [-0.3, -0.25) is 0 Å². The summed E-state index contributed by atoms with van der Waals surface area (Å²) in [6.07, 6.45) is 1.59. The van der Waals surface area contributed by atoms with Crippen LogP contribution >= 0.6 is 0 Å². The Morgan fingerprint density at radius 2 is 1.64 bits per heavy atom. The number of hydrogen-bond acceptors (Lipinski definition) is 4. The summed E-state index contributed by atoms with van der Waals surface area (Å²) in [4.78, 5) is 16.3. The average molecular weight is 329 g/mol. The Labute approximate surface area is 145 Å². The summed E-state index contributed by atoms with van der Waals surface area (Å²) in [7, 11) is 0. The zero-order valence-electron chi connectivity index (χ0n) is 13.6. The number of carbonyl (C=O) groups is 1. The molecule has 122 valence electrons. The van der Waals surface area contributed by atoms with Gasteiger partial charge in [-0.2, -0.15) is 0 Å². The van der Waals surface area contributed by atoms with Crippen molar-refractivity contribution >= 4 is 17.9 Å². The number of benzene rings is 2.